The number of benzene rings is 2. The molecule has 0 aliphatic carbocycles. The van der Waals surface area contributed by atoms with Crippen molar-refractivity contribution in [2.45, 2.75) is 88.0 Å². The Labute approximate surface area is 289 Å². The number of hydrogen-bond donors (Lipinski definition) is 0. The van der Waals surface area contributed by atoms with Gasteiger partial charge in [-0.05, 0) is 38.1 Å². The SMILES string of the molecule is Cc1cccc(-c2nc(CSc3nnc(C(C)(C)C)n3C)no2)c1.Cc1cccc(-c2nc(CSc3nnc(C(C)(C)C)n3C)no2)c1. The van der Waals surface area contributed by atoms with Gasteiger partial charge in [-0.2, -0.15) is 9.97 Å². The molecule has 14 heteroatoms. The zero-order chi connectivity index (χ0) is 34.6. The topological polar surface area (TPSA) is 139 Å². The van der Waals surface area contributed by atoms with Crippen LogP contribution < -0.4 is 0 Å². The van der Waals surface area contributed by atoms with E-state index < -0.39 is 0 Å². The second-order valence-corrected chi connectivity index (χ2v) is 15.5. The molecule has 4 aromatic heterocycles. The first kappa shape index (κ1) is 35.0. The third-order valence-electron chi connectivity index (χ3n) is 7.14. The van der Waals surface area contributed by atoms with Crippen LogP contribution in [-0.4, -0.2) is 49.8 Å². The molecule has 0 N–H and O–H groups in total. The van der Waals surface area contributed by atoms with Crippen LogP contribution in [0, 0.1) is 13.8 Å². The van der Waals surface area contributed by atoms with E-state index in [2.05, 4.69) is 82.2 Å². The minimum absolute atomic E-state index is 0.0367. The average Bonchev–Trinajstić information content (AvgIpc) is 3.82. The molecule has 0 bridgehead atoms. The smallest absolute Gasteiger partial charge is 0.257 e. The zero-order valence-corrected chi connectivity index (χ0v) is 30.8. The van der Waals surface area contributed by atoms with Crippen molar-refractivity contribution < 1.29 is 9.05 Å². The van der Waals surface area contributed by atoms with Crippen molar-refractivity contribution in [2.24, 2.45) is 14.1 Å². The maximum absolute atomic E-state index is 5.37. The lowest BCUT2D eigenvalue weighted by atomic mass is 9.96. The first-order valence-corrected chi connectivity index (χ1v) is 17.5. The largest absolute Gasteiger partial charge is 0.334 e. The summed E-state index contributed by atoms with van der Waals surface area (Å²) in [5.41, 5.74) is 4.13. The third-order valence-corrected chi connectivity index (χ3v) is 9.17. The van der Waals surface area contributed by atoms with Gasteiger partial charge in [-0.25, -0.2) is 0 Å². The summed E-state index contributed by atoms with van der Waals surface area (Å²) in [4.78, 5) is 8.93. The fourth-order valence-corrected chi connectivity index (χ4v) is 6.37. The molecule has 252 valence electrons. The van der Waals surface area contributed by atoms with Gasteiger partial charge in [-0.15, -0.1) is 20.4 Å². The van der Waals surface area contributed by atoms with Gasteiger partial charge in [0.1, 0.15) is 11.6 Å². The Balaban J connectivity index is 0.000000188. The van der Waals surface area contributed by atoms with Gasteiger partial charge in [0.15, 0.2) is 22.0 Å². The zero-order valence-electron chi connectivity index (χ0n) is 29.1. The standard InChI is InChI=1S/2C17H21N5OS/c2*1-11-7-6-8-12(9-11)14-18-13(21-23-14)10-24-16-20-19-15(22(16)5)17(2,3)4/h2*6-9H,10H2,1-5H3. The van der Waals surface area contributed by atoms with Gasteiger partial charge in [0.05, 0.1) is 11.5 Å². The Morgan fingerprint density at radius 1 is 0.604 bits per heavy atom. The molecule has 6 aromatic rings. The highest BCUT2D eigenvalue weighted by molar-refractivity contribution is 7.98. The first-order valence-electron chi connectivity index (χ1n) is 15.5. The molecule has 0 unspecified atom stereocenters. The summed E-state index contributed by atoms with van der Waals surface area (Å²) in [5, 5.41) is 26.9. The van der Waals surface area contributed by atoms with E-state index in [9.17, 15) is 0 Å². The number of nitrogens with zero attached hydrogens (tertiary/aromatic N) is 10. The van der Waals surface area contributed by atoms with Crippen LogP contribution in [0.1, 0.15) is 76.0 Å². The first-order chi connectivity index (χ1) is 22.7. The van der Waals surface area contributed by atoms with Crippen LogP contribution in [-0.2, 0) is 36.4 Å². The maximum atomic E-state index is 5.37. The molecule has 48 heavy (non-hydrogen) atoms. The Kier molecular flexibility index (Phi) is 10.5. The van der Waals surface area contributed by atoms with Crippen molar-refractivity contribution in [3.8, 4) is 22.9 Å². The van der Waals surface area contributed by atoms with Crippen molar-refractivity contribution >= 4 is 23.5 Å². The van der Waals surface area contributed by atoms with Crippen LogP contribution in [0.2, 0.25) is 0 Å². The van der Waals surface area contributed by atoms with Gasteiger partial charge in [0, 0.05) is 36.1 Å². The van der Waals surface area contributed by atoms with Gasteiger partial charge >= 0.3 is 0 Å². The highest BCUT2D eigenvalue weighted by Gasteiger charge is 2.24. The van der Waals surface area contributed by atoms with Crippen LogP contribution >= 0.6 is 23.5 Å². The minimum atomic E-state index is -0.0367. The summed E-state index contributed by atoms with van der Waals surface area (Å²) in [6, 6.07) is 16.0. The molecule has 4 heterocycles. The highest BCUT2D eigenvalue weighted by atomic mass is 32.2. The second-order valence-electron chi connectivity index (χ2n) is 13.6. The van der Waals surface area contributed by atoms with E-state index in [-0.39, 0.29) is 10.8 Å². The van der Waals surface area contributed by atoms with Gasteiger partial charge in [0.2, 0.25) is 0 Å². The average molecular weight is 687 g/mol. The van der Waals surface area contributed by atoms with Crippen LogP contribution in [0.4, 0.5) is 0 Å². The molecule has 0 spiro atoms. The van der Waals surface area contributed by atoms with E-state index in [4.69, 9.17) is 9.05 Å². The summed E-state index contributed by atoms with van der Waals surface area (Å²) < 4.78 is 14.8. The minimum Gasteiger partial charge on any atom is -0.334 e. The lowest BCUT2D eigenvalue weighted by Crippen LogP contribution is -2.17. The Bertz CT molecular complexity index is 1840. The van der Waals surface area contributed by atoms with Crippen molar-refractivity contribution in [3.63, 3.8) is 0 Å². The number of thioether (sulfide) groups is 2. The number of aromatic nitrogens is 10. The molecule has 0 atom stereocenters. The van der Waals surface area contributed by atoms with E-state index in [0.29, 0.717) is 34.9 Å². The summed E-state index contributed by atoms with van der Waals surface area (Å²) >= 11 is 3.11. The molecule has 0 saturated heterocycles. The van der Waals surface area contributed by atoms with Crippen molar-refractivity contribution in [2.75, 3.05) is 0 Å². The highest BCUT2D eigenvalue weighted by Crippen LogP contribution is 2.28. The van der Waals surface area contributed by atoms with Crippen LogP contribution in [0.25, 0.3) is 22.9 Å². The fraction of sp³-hybridized carbons (Fsp3) is 0.412. The van der Waals surface area contributed by atoms with Gasteiger partial charge in [-0.1, -0.05) is 111 Å². The molecular weight excluding hydrogens is 645 g/mol. The molecule has 0 radical (unpaired) electrons. The molecule has 12 nitrogen and oxygen atoms in total. The number of aryl methyl sites for hydroxylation is 2. The fourth-order valence-electron chi connectivity index (χ4n) is 4.86. The van der Waals surface area contributed by atoms with E-state index in [1.54, 1.807) is 23.5 Å². The lowest BCUT2D eigenvalue weighted by molar-refractivity contribution is 0.425. The molecule has 6 rings (SSSR count). The third kappa shape index (κ3) is 8.58. The predicted molar refractivity (Wildman–Crippen MR) is 187 cm³/mol. The predicted octanol–water partition coefficient (Wildman–Crippen LogP) is 7.53. The molecule has 0 fully saturated rings. The van der Waals surface area contributed by atoms with E-state index in [1.165, 1.54) is 0 Å². The molecule has 0 aliphatic heterocycles. The Hall–Kier alpha value is -4.30. The van der Waals surface area contributed by atoms with Crippen molar-refractivity contribution in [1.82, 2.24) is 49.8 Å². The Morgan fingerprint density at radius 2 is 1.00 bits per heavy atom. The van der Waals surface area contributed by atoms with E-state index in [0.717, 1.165) is 44.2 Å². The van der Waals surface area contributed by atoms with Gasteiger partial charge in [0.25, 0.3) is 11.8 Å². The van der Waals surface area contributed by atoms with Crippen molar-refractivity contribution in [3.05, 3.63) is 83.0 Å². The maximum Gasteiger partial charge on any atom is 0.257 e. The summed E-state index contributed by atoms with van der Waals surface area (Å²) in [6.45, 7) is 16.8. The molecule has 0 aliphatic rings. The Morgan fingerprint density at radius 3 is 1.33 bits per heavy atom. The van der Waals surface area contributed by atoms with Crippen LogP contribution in [0.15, 0.2) is 67.9 Å². The quantitative estimate of drug-likeness (QED) is 0.146. The summed E-state index contributed by atoms with van der Waals surface area (Å²) in [6.07, 6.45) is 0. The van der Waals surface area contributed by atoms with E-state index in [1.807, 2.05) is 85.6 Å². The number of hydrogen-bond acceptors (Lipinski definition) is 12. The normalized spacial score (nSPS) is 11.9. The number of rotatable bonds is 8. The van der Waals surface area contributed by atoms with Gasteiger partial charge < -0.3 is 18.2 Å². The second kappa shape index (κ2) is 14.4. The van der Waals surface area contributed by atoms with Crippen LogP contribution in [0.5, 0.6) is 0 Å². The molecular formula is C34H42N10O2S2. The summed E-state index contributed by atoms with van der Waals surface area (Å²) in [5.74, 6) is 5.48. The molecule has 0 saturated carbocycles. The van der Waals surface area contributed by atoms with Crippen molar-refractivity contribution in [1.29, 1.82) is 0 Å². The monoisotopic (exact) mass is 686 g/mol. The molecule has 2 aromatic carbocycles. The van der Waals surface area contributed by atoms with Gasteiger partial charge in [-0.3, -0.25) is 0 Å². The molecule has 0 amide bonds. The summed E-state index contributed by atoms with van der Waals surface area (Å²) in [7, 11) is 3.97. The lowest BCUT2D eigenvalue weighted by Gasteiger charge is -2.16. The van der Waals surface area contributed by atoms with Crippen LogP contribution in [0.3, 0.4) is 0 Å². The van der Waals surface area contributed by atoms with E-state index >= 15 is 0 Å².